The Morgan fingerprint density at radius 1 is 1.10 bits per heavy atom. The topological polar surface area (TPSA) is 162 Å². The lowest BCUT2D eigenvalue weighted by molar-refractivity contribution is -0.181. The van der Waals surface area contributed by atoms with E-state index in [1.165, 1.54) is 4.90 Å². The maximum atomic E-state index is 14.1. The first kappa shape index (κ1) is 31.8. The van der Waals surface area contributed by atoms with Gasteiger partial charge in [-0.15, -0.1) is 0 Å². The van der Waals surface area contributed by atoms with Crippen LogP contribution in [-0.4, -0.2) is 101 Å². The molecular weight excluding hydrogens is 540 g/mol. The molecule has 4 N–H and O–H groups in total. The number of hydrogen-bond acceptors (Lipinski definition) is 10. The fourth-order valence-corrected chi connectivity index (χ4v) is 7.59. The van der Waals surface area contributed by atoms with Gasteiger partial charge < -0.3 is 20.8 Å². The first-order chi connectivity index (χ1) is 19.5. The average molecular weight is 585 g/mol. The van der Waals surface area contributed by atoms with Crippen molar-refractivity contribution in [2.24, 2.45) is 35.3 Å². The van der Waals surface area contributed by atoms with Crippen molar-refractivity contribution in [1.82, 2.24) is 9.80 Å². The van der Waals surface area contributed by atoms with Gasteiger partial charge in [0.05, 0.1) is 17.5 Å². The van der Waals surface area contributed by atoms with Crippen molar-refractivity contribution in [3.8, 4) is 5.75 Å². The van der Waals surface area contributed by atoms with Gasteiger partial charge in [0, 0.05) is 38.3 Å². The predicted molar refractivity (Wildman–Crippen MR) is 156 cm³/mol. The van der Waals surface area contributed by atoms with Gasteiger partial charge in [-0.05, 0) is 69.4 Å². The minimum absolute atomic E-state index is 0.00834. The lowest BCUT2D eigenvalue weighted by Crippen LogP contribution is -2.74. The fraction of sp³-hybridized carbons (Fsp3) is 0.645. The highest BCUT2D eigenvalue weighted by molar-refractivity contribution is 6.32. The van der Waals surface area contributed by atoms with Crippen LogP contribution in [0.2, 0.25) is 0 Å². The molecular formula is C31H44N4O7. The standard InChI is InChI=1S/C31H44N4O7/c1-9-35(15(4)14(2)3)13-17-12-20(36)22-18(24(17)33(5)6)10-16-11-19-25(34(7)8)27(38)23(30(32)41)29(40)31(19,42)28(39)21(16)26(22)37/h12,14-16,19,21,23,25,36,42H,9-11,13H2,1-8H3,(H2,32,41)/t15-,16-,19-,21?,23?,25-,31-/m0/s1. The Balaban J connectivity index is 1.86. The Morgan fingerprint density at radius 3 is 2.21 bits per heavy atom. The number of carbonyl (C=O) groups excluding carboxylic acids is 5. The van der Waals surface area contributed by atoms with Gasteiger partial charge in [-0.3, -0.25) is 33.8 Å². The van der Waals surface area contributed by atoms with Gasteiger partial charge >= 0.3 is 0 Å². The van der Waals surface area contributed by atoms with Gasteiger partial charge in [-0.2, -0.15) is 0 Å². The summed E-state index contributed by atoms with van der Waals surface area (Å²) in [6.07, 6.45) is 0.250. The molecule has 11 nitrogen and oxygen atoms in total. The number of amides is 1. The summed E-state index contributed by atoms with van der Waals surface area (Å²) in [5, 5.41) is 23.0. The summed E-state index contributed by atoms with van der Waals surface area (Å²) in [5.74, 6) is -10.0. The Labute approximate surface area is 247 Å². The Kier molecular flexibility index (Phi) is 8.45. The first-order valence-corrected chi connectivity index (χ1v) is 14.6. The van der Waals surface area contributed by atoms with E-state index < -0.39 is 64.4 Å². The van der Waals surface area contributed by atoms with E-state index in [1.54, 1.807) is 20.2 Å². The molecule has 0 aromatic heterocycles. The van der Waals surface area contributed by atoms with Gasteiger partial charge in [0.25, 0.3) is 0 Å². The second-order valence-corrected chi connectivity index (χ2v) is 13.0. The third kappa shape index (κ3) is 4.66. The lowest BCUT2D eigenvalue weighted by Gasteiger charge is -2.52. The fourth-order valence-electron chi connectivity index (χ4n) is 7.59. The number of ketones is 4. The van der Waals surface area contributed by atoms with E-state index in [-0.39, 0.29) is 30.2 Å². The molecule has 0 saturated heterocycles. The number of anilines is 1. The third-order valence-corrected chi connectivity index (χ3v) is 9.88. The monoisotopic (exact) mass is 584 g/mol. The molecule has 3 aliphatic rings. The molecule has 42 heavy (non-hydrogen) atoms. The highest BCUT2D eigenvalue weighted by atomic mass is 16.3. The van der Waals surface area contributed by atoms with Crippen LogP contribution in [0.3, 0.4) is 0 Å². The van der Waals surface area contributed by atoms with Crippen LogP contribution >= 0.6 is 0 Å². The van der Waals surface area contributed by atoms with Crippen molar-refractivity contribution in [3.05, 3.63) is 22.8 Å². The van der Waals surface area contributed by atoms with Crippen molar-refractivity contribution >= 4 is 34.7 Å². The molecule has 1 aromatic carbocycles. The Hall–Kier alpha value is -3.15. The molecule has 0 aliphatic heterocycles. The molecule has 2 saturated carbocycles. The second-order valence-electron chi connectivity index (χ2n) is 13.0. The summed E-state index contributed by atoms with van der Waals surface area (Å²) in [6, 6.07) is 0.703. The van der Waals surface area contributed by atoms with Crippen LogP contribution in [0, 0.1) is 29.6 Å². The lowest BCUT2D eigenvalue weighted by atomic mass is 9.52. The van der Waals surface area contributed by atoms with Crippen LogP contribution in [0.15, 0.2) is 6.07 Å². The Bertz CT molecular complexity index is 1340. The number of primary amides is 1. The number of phenols is 1. The summed E-state index contributed by atoms with van der Waals surface area (Å²) < 4.78 is 0. The number of aromatic hydroxyl groups is 1. The number of Topliss-reactive ketones (excluding diaryl/α,β-unsaturated/α-hetero) is 4. The zero-order chi connectivity index (χ0) is 31.6. The van der Waals surface area contributed by atoms with Crippen molar-refractivity contribution in [2.45, 2.75) is 64.8 Å². The van der Waals surface area contributed by atoms with Gasteiger partial charge in [0.15, 0.2) is 34.7 Å². The summed E-state index contributed by atoms with van der Waals surface area (Å²) in [5.41, 5.74) is 4.90. The van der Waals surface area contributed by atoms with E-state index in [0.717, 1.165) is 17.8 Å². The summed E-state index contributed by atoms with van der Waals surface area (Å²) >= 11 is 0. The smallest absolute Gasteiger partial charge is 0.235 e. The molecule has 3 aliphatic carbocycles. The van der Waals surface area contributed by atoms with Crippen molar-refractivity contribution in [1.29, 1.82) is 0 Å². The Morgan fingerprint density at radius 2 is 1.71 bits per heavy atom. The molecule has 0 bridgehead atoms. The van der Waals surface area contributed by atoms with E-state index in [9.17, 15) is 34.2 Å². The summed E-state index contributed by atoms with van der Waals surface area (Å²) in [6.45, 7) is 9.85. The number of hydrogen-bond donors (Lipinski definition) is 3. The molecule has 1 aromatic rings. The molecule has 4 rings (SSSR count). The highest BCUT2D eigenvalue weighted by Gasteiger charge is 2.69. The quantitative estimate of drug-likeness (QED) is 0.373. The van der Waals surface area contributed by atoms with E-state index in [0.29, 0.717) is 18.0 Å². The SMILES string of the molecule is CCN(Cc1cc(O)c2c(c1N(C)C)C[C@H]1C[C@H]3[C@H](N(C)C)C(=O)C(C(N)=O)C(=O)[C@@]3(O)C(=O)C1C2=O)[C@@H](C)C(C)C. The van der Waals surface area contributed by atoms with E-state index in [1.807, 2.05) is 19.0 Å². The number of aliphatic hydroxyl groups is 1. The normalized spacial score (nSPS) is 30.0. The minimum Gasteiger partial charge on any atom is -0.507 e. The van der Waals surface area contributed by atoms with E-state index >= 15 is 0 Å². The zero-order valence-electron chi connectivity index (χ0n) is 25.8. The first-order valence-electron chi connectivity index (χ1n) is 14.6. The van der Waals surface area contributed by atoms with Crippen molar-refractivity contribution in [3.63, 3.8) is 0 Å². The number of rotatable bonds is 8. The van der Waals surface area contributed by atoms with Crippen LogP contribution < -0.4 is 10.6 Å². The molecule has 1 amide bonds. The van der Waals surface area contributed by atoms with Crippen LogP contribution in [0.1, 0.15) is 55.6 Å². The van der Waals surface area contributed by atoms with Gasteiger partial charge in [0.2, 0.25) is 5.91 Å². The number of likely N-dealkylation sites (N-methyl/N-ethyl adjacent to an activating group) is 1. The number of nitrogens with two attached hydrogens (primary N) is 1. The highest BCUT2D eigenvalue weighted by Crippen LogP contribution is 2.52. The van der Waals surface area contributed by atoms with Crippen LogP contribution in [0.25, 0.3) is 0 Å². The number of nitrogens with zero attached hydrogens (tertiary/aromatic N) is 3. The molecule has 230 valence electrons. The van der Waals surface area contributed by atoms with E-state index in [2.05, 4.69) is 32.6 Å². The molecule has 2 unspecified atom stereocenters. The molecule has 0 spiro atoms. The number of carbonyl (C=O) groups is 5. The largest absolute Gasteiger partial charge is 0.507 e. The second kappa shape index (κ2) is 11.2. The average Bonchev–Trinajstić information content (AvgIpc) is 2.88. The van der Waals surface area contributed by atoms with Crippen molar-refractivity contribution in [2.75, 3.05) is 39.6 Å². The molecule has 11 heteroatoms. The van der Waals surface area contributed by atoms with Gasteiger partial charge in [-0.25, -0.2) is 0 Å². The number of fused-ring (bicyclic) bond motifs is 3. The summed E-state index contributed by atoms with van der Waals surface area (Å²) in [4.78, 5) is 72.7. The van der Waals surface area contributed by atoms with Crippen LogP contribution in [-0.2, 0) is 32.1 Å². The number of benzene rings is 1. The summed E-state index contributed by atoms with van der Waals surface area (Å²) in [7, 11) is 6.87. The maximum absolute atomic E-state index is 14.1. The maximum Gasteiger partial charge on any atom is 0.235 e. The van der Waals surface area contributed by atoms with Crippen LogP contribution in [0.4, 0.5) is 5.69 Å². The van der Waals surface area contributed by atoms with Crippen LogP contribution in [0.5, 0.6) is 5.75 Å². The van der Waals surface area contributed by atoms with Gasteiger partial charge in [-0.1, -0.05) is 20.8 Å². The number of phenolic OH excluding ortho intramolecular Hbond substituents is 1. The molecule has 0 radical (unpaired) electrons. The van der Waals surface area contributed by atoms with E-state index in [4.69, 9.17) is 5.73 Å². The molecule has 7 atom stereocenters. The molecule has 0 heterocycles. The minimum atomic E-state index is -2.73. The third-order valence-electron chi connectivity index (χ3n) is 9.88. The molecule has 2 fully saturated rings. The van der Waals surface area contributed by atoms with Crippen molar-refractivity contribution < 1.29 is 34.2 Å². The predicted octanol–water partition coefficient (Wildman–Crippen LogP) is 0.799. The zero-order valence-corrected chi connectivity index (χ0v) is 25.8. The van der Waals surface area contributed by atoms with Gasteiger partial charge in [0.1, 0.15) is 5.75 Å².